The highest BCUT2D eigenvalue weighted by atomic mass is 16.5. The number of carbonyl (C=O) groups is 2. The van der Waals surface area contributed by atoms with Crippen molar-refractivity contribution >= 4 is 17.6 Å². The summed E-state index contributed by atoms with van der Waals surface area (Å²) in [6.07, 6.45) is 7.19. The highest BCUT2D eigenvalue weighted by Crippen LogP contribution is 2.60. The lowest BCUT2D eigenvalue weighted by Gasteiger charge is -2.55. The summed E-state index contributed by atoms with van der Waals surface area (Å²) in [6.45, 7) is -0.265. The summed E-state index contributed by atoms with van der Waals surface area (Å²) in [5.41, 5.74) is 2.45. The van der Waals surface area contributed by atoms with Gasteiger partial charge in [0.05, 0.1) is 24.3 Å². The molecule has 5 aliphatic rings. The summed E-state index contributed by atoms with van der Waals surface area (Å²) < 4.78 is 11.0. The molecule has 1 atom stereocenters. The first-order valence-electron chi connectivity index (χ1n) is 12.8. The Morgan fingerprint density at radius 1 is 0.943 bits per heavy atom. The number of hydrazone groups is 1. The fraction of sp³-hybridized carbons (Fsp3) is 0.483. The summed E-state index contributed by atoms with van der Waals surface area (Å²) in [7, 11) is 1.63. The van der Waals surface area contributed by atoms with E-state index >= 15 is 0 Å². The Kier molecular flexibility index (Phi) is 5.62. The fourth-order valence-corrected chi connectivity index (χ4v) is 7.34. The Balaban J connectivity index is 1.19. The molecule has 0 N–H and O–H groups in total. The maximum Gasteiger partial charge on any atom is 0.312 e. The second kappa shape index (κ2) is 8.81. The number of benzene rings is 2. The average molecular weight is 473 g/mol. The van der Waals surface area contributed by atoms with E-state index < -0.39 is 0 Å². The number of esters is 1. The lowest BCUT2D eigenvalue weighted by molar-refractivity contribution is -0.174. The van der Waals surface area contributed by atoms with Crippen molar-refractivity contribution in [1.29, 1.82) is 0 Å². The third-order valence-corrected chi connectivity index (χ3v) is 8.57. The van der Waals surface area contributed by atoms with Crippen molar-refractivity contribution in [3.8, 4) is 5.75 Å². The number of hydrogen-bond acceptors (Lipinski definition) is 5. The van der Waals surface area contributed by atoms with Gasteiger partial charge in [-0.1, -0.05) is 42.5 Å². The smallest absolute Gasteiger partial charge is 0.312 e. The van der Waals surface area contributed by atoms with Crippen LogP contribution < -0.4 is 4.74 Å². The van der Waals surface area contributed by atoms with Gasteiger partial charge in [-0.3, -0.25) is 9.59 Å². The van der Waals surface area contributed by atoms with E-state index in [1.165, 1.54) is 24.3 Å². The van der Waals surface area contributed by atoms with E-state index in [-0.39, 0.29) is 29.9 Å². The molecule has 0 saturated heterocycles. The van der Waals surface area contributed by atoms with E-state index in [1.54, 1.807) is 7.11 Å². The number of nitrogens with zero attached hydrogens (tertiary/aromatic N) is 2. The maximum absolute atomic E-state index is 13.4. The largest absolute Gasteiger partial charge is 0.497 e. The summed E-state index contributed by atoms with van der Waals surface area (Å²) >= 11 is 0. The second-order valence-electron chi connectivity index (χ2n) is 10.9. The third kappa shape index (κ3) is 4.13. The van der Waals surface area contributed by atoms with Gasteiger partial charge in [0.1, 0.15) is 5.75 Å². The van der Waals surface area contributed by atoms with E-state index in [0.717, 1.165) is 41.9 Å². The molecule has 0 aromatic heterocycles. The topological polar surface area (TPSA) is 68.2 Å². The summed E-state index contributed by atoms with van der Waals surface area (Å²) in [5, 5.41) is 6.22. The number of amides is 1. The molecular formula is C29H32N2O4. The van der Waals surface area contributed by atoms with Gasteiger partial charge in [-0.15, -0.1) is 0 Å². The summed E-state index contributed by atoms with van der Waals surface area (Å²) in [6, 6.07) is 17.4. The zero-order chi connectivity index (χ0) is 24.0. The minimum atomic E-state index is -0.367. The molecular weight excluding hydrogens is 440 g/mol. The van der Waals surface area contributed by atoms with Crippen molar-refractivity contribution in [3.63, 3.8) is 0 Å². The van der Waals surface area contributed by atoms with Crippen molar-refractivity contribution in [2.24, 2.45) is 28.3 Å². The Bertz CT molecular complexity index is 1110. The van der Waals surface area contributed by atoms with E-state index in [2.05, 4.69) is 0 Å². The van der Waals surface area contributed by atoms with Gasteiger partial charge >= 0.3 is 5.97 Å². The molecule has 2 aromatic carbocycles. The fourth-order valence-electron chi connectivity index (χ4n) is 7.34. The van der Waals surface area contributed by atoms with Gasteiger partial charge in [-0.2, -0.15) is 5.10 Å². The molecule has 4 saturated carbocycles. The monoisotopic (exact) mass is 472 g/mol. The summed E-state index contributed by atoms with van der Waals surface area (Å²) in [4.78, 5) is 26.7. The van der Waals surface area contributed by atoms with Gasteiger partial charge in [0.2, 0.25) is 0 Å². The summed E-state index contributed by atoms with van der Waals surface area (Å²) in [5.74, 6) is 2.27. The quantitative estimate of drug-likeness (QED) is 0.547. The van der Waals surface area contributed by atoms with E-state index in [4.69, 9.17) is 14.6 Å². The Hall–Kier alpha value is -3.15. The number of rotatable bonds is 6. The molecule has 1 heterocycles. The predicted octanol–water partition coefficient (Wildman–Crippen LogP) is 5.13. The van der Waals surface area contributed by atoms with Crippen LogP contribution in [-0.4, -0.2) is 36.3 Å². The molecule has 6 nitrogen and oxygen atoms in total. The van der Waals surface area contributed by atoms with Crippen molar-refractivity contribution in [3.05, 3.63) is 65.7 Å². The van der Waals surface area contributed by atoms with Crippen LogP contribution in [0.15, 0.2) is 59.7 Å². The Morgan fingerprint density at radius 3 is 2.17 bits per heavy atom. The zero-order valence-electron chi connectivity index (χ0n) is 20.2. The number of carbonyl (C=O) groups excluding carboxylic acids is 2. The molecule has 182 valence electrons. The number of methoxy groups -OCH3 is 1. The van der Waals surface area contributed by atoms with Gasteiger partial charge < -0.3 is 9.47 Å². The number of hydrogen-bond donors (Lipinski definition) is 0. The van der Waals surface area contributed by atoms with Crippen molar-refractivity contribution in [1.82, 2.24) is 5.01 Å². The predicted molar refractivity (Wildman–Crippen MR) is 132 cm³/mol. The van der Waals surface area contributed by atoms with Crippen molar-refractivity contribution < 1.29 is 19.1 Å². The number of ether oxygens (including phenoxy) is 2. The standard InChI is InChI=1S/C29H32N2O4/c1-34-24-9-7-23(8-10-24)26-14-25(22-5-3-2-4-6-22)30-31(26)27(32)18-35-28(33)29-15-19-11-20(16-29)13-21(12-19)17-29/h2-10,19-21,26H,11-18H2,1H3/t19?,20?,21?,26-,29?/m0/s1. The van der Waals surface area contributed by atoms with E-state index in [1.807, 2.05) is 54.6 Å². The van der Waals surface area contributed by atoms with Crippen LogP contribution in [0.5, 0.6) is 5.75 Å². The van der Waals surface area contributed by atoms with E-state index in [0.29, 0.717) is 24.2 Å². The van der Waals surface area contributed by atoms with Gasteiger partial charge in [0.15, 0.2) is 6.61 Å². The molecule has 35 heavy (non-hydrogen) atoms. The van der Waals surface area contributed by atoms with Crippen LogP contribution >= 0.6 is 0 Å². The normalized spacial score (nSPS) is 30.8. The molecule has 4 aliphatic carbocycles. The first-order chi connectivity index (χ1) is 17.0. The van der Waals surface area contributed by atoms with Crippen LogP contribution in [0, 0.1) is 23.2 Å². The minimum absolute atomic E-state index is 0.169. The van der Waals surface area contributed by atoms with Crippen molar-refractivity contribution in [2.45, 2.75) is 51.0 Å². The Labute approximate surface area is 206 Å². The van der Waals surface area contributed by atoms with Crippen LogP contribution in [0.3, 0.4) is 0 Å². The average Bonchev–Trinajstić information content (AvgIpc) is 3.32. The first-order valence-corrected chi connectivity index (χ1v) is 12.8. The highest BCUT2D eigenvalue weighted by Gasteiger charge is 2.55. The van der Waals surface area contributed by atoms with Crippen LogP contribution in [0.1, 0.15) is 62.1 Å². The Morgan fingerprint density at radius 2 is 1.57 bits per heavy atom. The molecule has 2 aromatic rings. The molecule has 4 fully saturated rings. The molecule has 4 bridgehead atoms. The van der Waals surface area contributed by atoms with Crippen LogP contribution in [0.4, 0.5) is 0 Å². The van der Waals surface area contributed by atoms with Crippen LogP contribution in [0.2, 0.25) is 0 Å². The highest BCUT2D eigenvalue weighted by molar-refractivity contribution is 6.03. The molecule has 0 radical (unpaired) electrons. The van der Waals surface area contributed by atoms with Crippen LogP contribution in [-0.2, 0) is 14.3 Å². The first kappa shape index (κ1) is 22.3. The second-order valence-corrected chi connectivity index (χ2v) is 10.9. The van der Waals surface area contributed by atoms with Gasteiger partial charge in [-0.05, 0) is 79.5 Å². The zero-order valence-corrected chi connectivity index (χ0v) is 20.2. The SMILES string of the molecule is COc1ccc([C@@H]2CC(c3ccccc3)=NN2C(=O)COC(=O)C23CC4CC(CC(C4)C2)C3)cc1. The lowest BCUT2D eigenvalue weighted by atomic mass is 9.49. The third-order valence-electron chi connectivity index (χ3n) is 8.57. The maximum atomic E-state index is 13.4. The molecule has 0 unspecified atom stereocenters. The van der Waals surface area contributed by atoms with Gasteiger partial charge in [-0.25, -0.2) is 5.01 Å². The molecule has 1 aliphatic heterocycles. The lowest BCUT2D eigenvalue weighted by Crippen LogP contribution is -2.51. The van der Waals surface area contributed by atoms with Crippen LogP contribution in [0.25, 0.3) is 0 Å². The molecule has 1 amide bonds. The molecule has 6 heteroatoms. The van der Waals surface area contributed by atoms with Gasteiger partial charge in [0.25, 0.3) is 5.91 Å². The van der Waals surface area contributed by atoms with E-state index in [9.17, 15) is 9.59 Å². The molecule has 0 spiro atoms. The van der Waals surface area contributed by atoms with Gasteiger partial charge in [0, 0.05) is 6.42 Å². The van der Waals surface area contributed by atoms with Crippen molar-refractivity contribution in [2.75, 3.05) is 13.7 Å². The molecule has 7 rings (SSSR count). The minimum Gasteiger partial charge on any atom is -0.497 e.